The smallest absolute Gasteiger partial charge is 0.303 e. The quantitative estimate of drug-likeness (QED) is 0.736. The molecule has 0 aromatic heterocycles. The van der Waals surface area contributed by atoms with E-state index in [0.29, 0.717) is 12.3 Å². The predicted octanol–water partition coefficient (Wildman–Crippen LogP) is 3.28. The summed E-state index contributed by atoms with van der Waals surface area (Å²) in [7, 11) is 0. The fourth-order valence-corrected chi connectivity index (χ4v) is 2.64. The number of aliphatic carboxylic acids is 1. The summed E-state index contributed by atoms with van der Waals surface area (Å²) in [6.07, 6.45) is 5.74. The van der Waals surface area contributed by atoms with Gasteiger partial charge in [-0.3, -0.25) is 4.79 Å². The van der Waals surface area contributed by atoms with Crippen molar-refractivity contribution in [2.24, 2.45) is 11.8 Å². The Morgan fingerprint density at radius 2 is 2.29 bits per heavy atom. The van der Waals surface area contributed by atoms with Crippen molar-refractivity contribution >= 4 is 17.6 Å². The maximum Gasteiger partial charge on any atom is 0.303 e. The number of alkyl halides is 1. The molecule has 1 rings (SSSR count). The van der Waals surface area contributed by atoms with E-state index in [-0.39, 0.29) is 11.8 Å². The number of carboxylic acid groups (broad SMARTS) is 1. The average molecular weight is 219 g/mol. The molecule has 1 aliphatic carbocycles. The second-order valence-electron chi connectivity index (χ2n) is 4.48. The van der Waals surface area contributed by atoms with Crippen molar-refractivity contribution in [2.75, 3.05) is 0 Å². The molecule has 0 aromatic rings. The van der Waals surface area contributed by atoms with Gasteiger partial charge in [0, 0.05) is 11.8 Å². The topological polar surface area (TPSA) is 37.3 Å². The summed E-state index contributed by atoms with van der Waals surface area (Å²) in [4.78, 5) is 10.4. The standard InChI is InChI=1S/C11H19ClO2/c1-8-3-2-4-9(7-8)10(12)5-6-11(13)14/h8-10H,2-7H2,1H3,(H,13,14). The molecular formula is C11H19ClO2. The third kappa shape index (κ3) is 3.87. The number of hydrogen-bond acceptors (Lipinski definition) is 1. The molecule has 0 spiro atoms. The van der Waals surface area contributed by atoms with Gasteiger partial charge >= 0.3 is 5.97 Å². The SMILES string of the molecule is CC1CCCC(C(Cl)CCC(=O)O)C1. The lowest BCUT2D eigenvalue weighted by Gasteiger charge is -2.29. The second-order valence-corrected chi connectivity index (χ2v) is 5.04. The Bertz CT molecular complexity index is 194. The van der Waals surface area contributed by atoms with Crippen molar-refractivity contribution in [1.29, 1.82) is 0 Å². The summed E-state index contributed by atoms with van der Waals surface area (Å²) in [5.41, 5.74) is 0. The van der Waals surface area contributed by atoms with E-state index in [1.165, 1.54) is 25.7 Å². The Balaban J connectivity index is 2.28. The Hall–Kier alpha value is -0.240. The maximum atomic E-state index is 10.4. The Morgan fingerprint density at radius 3 is 2.86 bits per heavy atom. The molecule has 14 heavy (non-hydrogen) atoms. The Labute approximate surface area is 90.6 Å². The molecule has 0 bridgehead atoms. The highest BCUT2D eigenvalue weighted by atomic mass is 35.5. The van der Waals surface area contributed by atoms with Crippen molar-refractivity contribution in [3.63, 3.8) is 0 Å². The minimum absolute atomic E-state index is 0.0637. The molecule has 0 aliphatic heterocycles. The number of rotatable bonds is 4. The van der Waals surface area contributed by atoms with Crippen LogP contribution in [0.3, 0.4) is 0 Å². The Morgan fingerprint density at radius 1 is 1.57 bits per heavy atom. The number of halogens is 1. The first-order chi connectivity index (χ1) is 6.59. The van der Waals surface area contributed by atoms with Crippen LogP contribution >= 0.6 is 11.6 Å². The van der Waals surface area contributed by atoms with E-state index in [2.05, 4.69) is 6.92 Å². The second kappa shape index (κ2) is 5.59. The van der Waals surface area contributed by atoms with Crippen LogP contribution in [0.25, 0.3) is 0 Å². The van der Waals surface area contributed by atoms with Gasteiger partial charge in [0.25, 0.3) is 0 Å². The van der Waals surface area contributed by atoms with E-state index in [9.17, 15) is 4.79 Å². The van der Waals surface area contributed by atoms with Gasteiger partial charge in [-0.15, -0.1) is 11.6 Å². The number of carbonyl (C=O) groups is 1. The molecule has 3 atom stereocenters. The maximum absolute atomic E-state index is 10.4. The molecular weight excluding hydrogens is 200 g/mol. The normalized spacial score (nSPS) is 29.9. The van der Waals surface area contributed by atoms with E-state index in [0.717, 1.165) is 5.92 Å². The van der Waals surface area contributed by atoms with E-state index < -0.39 is 5.97 Å². The lowest BCUT2D eigenvalue weighted by Crippen LogP contribution is -2.22. The van der Waals surface area contributed by atoms with Crippen LogP contribution in [0.2, 0.25) is 0 Å². The number of carboxylic acids is 1. The minimum atomic E-state index is -0.737. The van der Waals surface area contributed by atoms with Crippen molar-refractivity contribution in [3.8, 4) is 0 Å². The lowest BCUT2D eigenvalue weighted by molar-refractivity contribution is -0.137. The monoisotopic (exact) mass is 218 g/mol. The van der Waals surface area contributed by atoms with Crippen molar-refractivity contribution in [3.05, 3.63) is 0 Å². The van der Waals surface area contributed by atoms with E-state index in [4.69, 9.17) is 16.7 Å². The lowest BCUT2D eigenvalue weighted by atomic mass is 9.80. The fourth-order valence-electron chi connectivity index (χ4n) is 2.31. The average Bonchev–Trinajstić information content (AvgIpc) is 2.14. The number of hydrogen-bond donors (Lipinski definition) is 1. The van der Waals surface area contributed by atoms with Gasteiger partial charge < -0.3 is 5.11 Å². The molecule has 0 saturated heterocycles. The third-order valence-electron chi connectivity index (χ3n) is 3.12. The van der Waals surface area contributed by atoms with Gasteiger partial charge in [0.1, 0.15) is 0 Å². The highest BCUT2D eigenvalue weighted by Gasteiger charge is 2.25. The van der Waals surface area contributed by atoms with Crippen LogP contribution in [0.5, 0.6) is 0 Å². The summed E-state index contributed by atoms with van der Waals surface area (Å²) in [5, 5.41) is 8.62. The van der Waals surface area contributed by atoms with Crippen LogP contribution in [0, 0.1) is 11.8 Å². The molecule has 0 aromatic carbocycles. The molecule has 0 amide bonds. The first-order valence-electron chi connectivity index (χ1n) is 5.45. The van der Waals surface area contributed by atoms with Crippen LogP contribution in [-0.4, -0.2) is 16.5 Å². The predicted molar refractivity (Wildman–Crippen MR) is 57.6 cm³/mol. The zero-order valence-corrected chi connectivity index (χ0v) is 9.46. The summed E-state index contributed by atoms with van der Waals surface area (Å²) in [6, 6.07) is 0. The summed E-state index contributed by atoms with van der Waals surface area (Å²) in [5.74, 6) is 0.569. The Kier molecular flexibility index (Phi) is 4.73. The van der Waals surface area contributed by atoms with Gasteiger partial charge in [0.2, 0.25) is 0 Å². The molecule has 1 aliphatic rings. The summed E-state index contributed by atoms with van der Waals surface area (Å²) < 4.78 is 0. The van der Waals surface area contributed by atoms with Crippen molar-refractivity contribution in [2.45, 2.75) is 50.8 Å². The minimum Gasteiger partial charge on any atom is -0.481 e. The van der Waals surface area contributed by atoms with Crippen molar-refractivity contribution in [1.82, 2.24) is 0 Å². The molecule has 0 radical (unpaired) electrons. The summed E-state index contributed by atoms with van der Waals surface area (Å²) in [6.45, 7) is 2.26. The van der Waals surface area contributed by atoms with Crippen LogP contribution in [-0.2, 0) is 4.79 Å². The van der Waals surface area contributed by atoms with Gasteiger partial charge in [0.05, 0.1) is 0 Å². The zero-order chi connectivity index (χ0) is 10.6. The van der Waals surface area contributed by atoms with E-state index in [1.54, 1.807) is 0 Å². The molecule has 82 valence electrons. The molecule has 1 fully saturated rings. The van der Waals surface area contributed by atoms with Crippen LogP contribution < -0.4 is 0 Å². The molecule has 0 heterocycles. The highest BCUT2D eigenvalue weighted by Crippen LogP contribution is 2.34. The van der Waals surface area contributed by atoms with Gasteiger partial charge in [0.15, 0.2) is 0 Å². The molecule has 3 heteroatoms. The summed E-state index contributed by atoms with van der Waals surface area (Å²) >= 11 is 6.21. The molecule has 1 saturated carbocycles. The highest BCUT2D eigenvalue weighted by molar-refractivity contribution is 6.20. The first kappa shape index (κ1) is 11.8. The van der Waals surface area contributed by atoms with Crippen molar-refractivity contribution < 1.29 is 9.90 Å². The van der Waals surface area contributed by atoms with Crippen LogP contribution in [0.1, 0.15) is 45.4 Å². The third-order valence-corrected chi connectivity index (χ3v) is 3.70. The van der Waals surface area contributed by atoms with Gasteiger partial charge in [-0.25, -0.2) is 0 Å². The van der Waals surface area contributed by atoms with Gasteiger partial charge in [-0.1, -0.05) is 19.8 Å². The first-order valence-corrected chi connectivity index (χ1v) is 5.89. The van der Waals surface area contributed by atoms with E-state index >= 15 is 0 Å². The molecule has 3 unspecified atom stereocenters. The largest absolute Gasteiger partial charge is 0.481 e. The zero-order valence-electron chi connectivity index (χ0n) is 8.71. The van der Waals surface area contributed by atoms with Crippen LogP contribution in [0.4, 0.5) is 0 Å². The van der Waals surface area contributed by atoms with Crippen LogP contribution in [0.15, 0.2) is 0 Å². The molecule has 2 nitrogen and oxygen atoms in total. The van der Waals surface area contributed by atoms with E-state index in [1.807, 2.05) is 0 Å². The van der Waals surface area contributed by atoms with Gasteiger partial charge in [-0.2, -0.15) is 0 Å². The molecule has 1 N–H and O–H groups in total. The van der Waals surface area contributed by atoms with Gasteiger partial charge in [-0.05, 0) is 31.1 Å². The fraction of sp³-hybridized carbons (Fsp3) is 0.909.